The summed E-state index contributed by atoms with van der Waals surface area (Å²) < 4.78 is 0. The SMILES string of the molecule is CC1=CN=C(C2=CCc3cccc(C4CCC[C@@]5(CCCC[C@H]5C)C4)c32)C1. The van der Waals surface area contributed by atoms with Gasteiger partial charge in [-0.1, -0.05) is 56.9 Å². The molecule has 3 atom stereocenters. The quantitative estimate of drug-likeness (QED) is 0.528. The fourth-order valence-electron chi connectivity index (χ4n) is 6.56. The van der Waals surface area contributed by atoms with E-state index in [-0.39, 0.29) is 0 Å². The molecule has 1 nitrogen and oxygen atoms in total. The van der Waals surface area contributed by atoms with Crippen LogP contribution in [0.5, 0.6) is 0 Å². The smallest absolute Gasteiger partial charge is 0.0519 e. The number of nitrogens with zero attached hydrogens (tertiary/aromatic N) is 1. The van der Waals surface area contributed by atoms with Crippen LogP contribution in [0.3, 0.4) is 0 Å². The maximum atomic E-state index is 4.77. The number of benzene rings is 1. The summed E-state index contributed by atoms with van der Waals surface area (Å²) in [6.07, 6.45) is 18.1. The first-order chi connectivity index (χ1) is 13.2. The van der Waals surface area contributed by atoms with Crippen LogP contribution in [0.1, 0.15) is 94.2 Å². The van der Waals surface area contributed by atoms with Gasteiger partial charge in [-0.2, -0.15) is 0 Å². The molecule has 1 aromatic rings. The van der Waals surface area contributed by atoms with E-state index in [1.807, 2.05) is 0 Å². The Morgan fingerprint density at radius 3 is 2.78 bits per heavy atom. The van der Waals surface area contributed by atoms with Crippen molar-refractivity contribution in [2.75, 3.05) is 0 Å². The molecule has 4 aliphatic rings. The minimum atomic E-state index is 0.620. The number of hydrogen-bond acceptors (Lipinski definition) is 1. The lowest BCUT2D eigenvalue weighted by Crippen LogP contribution is -2.36. The second-order valence-electron chi connectivity index (χ2n) is 9.73. The van der Waals surface area contributed by atoms with E-state index in [1.54, 1.807) is 11.1 Å². The highest BCUT2D eigenvalue weighted by atomic mass is 14.7. The third-order valence-corrected chi connectivity index (χ3v) is 8.10. The molecule has 1 aromatic carbocycles. The summed E-state index contributed by atoms with van der Waals surface area (Å²) in [6, 6.07) is 7.11. The van der Waals surface area contributed by atoms with Crippen molar-refractivity contribution in [3.63, 3.8) is 0 Å². The molecule has 0 N–H and O–H groups in total. The molecule has 5 rings (SSSR count). The monoisotopic (exact) mass is 359 g/mol. The van der Waals surface area contributed by atoms with Crippen molar-refractivity contribution in [2.24, 2.45) is 16.3 Å². The van der Waals surface area contributed by atoms with Crippen LogP contribution in [-0.2, 0) is 6.42 Å². The number of hydrogen-bond donors (Lipinski definition) is 0. The molecule has 1 unspecified atom stereocenters. The van der Waals surface area contributed by atoms with Crippen molar-refractivity contribution in [2.45, 2.75) is 84.0 Å². The van der Waals surface area contributed by atoms with E-state index in [0.717, 1.165) is 24.7 Å². The molecule has 1 heterocycles. The van der Waals surface area contributed by atoms with E-state index in [1.165, 1.54) is 73.8 Å². The summed E-state index contributed by atoms with van der Waals surface area (Å²) in [5, 5.41) is 0. The highest BCUT2D eigenvalue weighted by Gasteiger charge is 2.42. The first kappa shape index (κ1) is 17.5. The fraction of sp³-hybridized carbons (Fsp3) is 0.577. The van der Waals surface area contributed by atoms with E-state index < -0.39 is 0 Å². The Morgan fingerprint density at radius 2 is 1.96 bits per heavy atom. The third-order valence-electron chi connectivity index (χ3n) is 8.10. The standard InChI is InChI=1S/C26H33N/c1-18-15-24(27-17-18)23-12-11-20-8-5-10-22(25(20)23)21-9-6-14-26(16-21)13-4-3-7-19(26)2/h5,8,10,12,17,19,21H,3-4,6-7,9,11,13-16H2,1-2H3/t19-,21?,26+/m1/s1. The zero-order chi connectivity index (χ0) is 18.4. The van der Waals surface area contributed by atoms with Crippen LogP contribution in [0.25, 0.3) is 5.57 Å². The lowest BCUT2D eigenvalue weighted by molar-refractivity contribution is 0.0490. The second-order valence-corrected chi connectivity index (χ2v) is 9.73. The fourth-order valence-corrected chi connectivity index (χ4v) is 6.56. The molecule has 0 saturated heterocycles. The zero-order valence-corrected chi connectivity index (χ0v) is 17.1. The van der Waals surface area contributed by atoms with Crippen LogP contribution in [0.4, 0.5) is 0 Å². The van der Waals surface area contributed by atoms with Crippen LogP contribution in [-0.4, -0.2) is 5.71 Å². The Bertz CT molecular complexity index is 836. The van der Waals surface area contributed by atoms with E-state index >= 15 is 0 Å². The van der Waals surface area contributed by atoms with Gasteiger partial charge in [0.05, 0.1) is 5.71 Å². The predicted molar refractivity (Wildman–Crippen MR) is 115 cm³/mol. The number of aliphatic imine (C=N–C) groups is 1. The minimum Gasteiger partial charge on any atom is -0.260 e. The molecule has 1 spiro atoms. The van der Waals surface area contributed by atoms with Crippen molar-refractivity contribution in [1.29, 1.82) is 0 Å². The molecule has 1 heteroatoms. The summed E-state index contributed by atoms with van der Waals surface area (Å²) in [4.78, 5) is 4.77. The summed E-state index contributed by atoms with van der Waals surface area (Å²) in [7, 11) is 0. The van der Waals surface area contributed by atoms with E-state index in [0.29, 0.717) is 5.41 Å². The van der Waals surface area contributed by atoms with E-state index in [4.69, 9.17) is 4.99 Å². The summed E-state index contributed by atoms with van der Waals surface area (Å²) in [5.41, 5.74) is 9.50. The molecule has 3 aliphatic carbocycles. The van der Waals surface area contributed by atoms with Gasteiger partial charge >= 0.3 is 0 Å². The van der Waals surface area contributed by atoms with Gasteiger partial charge in [0.2, 0.25) is 0 Å². The third kappa shape index (κ3) is 2.94. The van der Waals surface area contributed by atoms with Crippen molar-refractivity contribution in [3.8, 4) is 0 Å². The number of fused-ring (bicyclic) bond motifs is 1. The number of allylic oxidation sites excluding steroid dienone is 3. The van der Waals surface area contributed by atoms with Gasteiger partial charge in [0, 0.05) is 18.2 Å². The van der Waals surface area contributed by atoms with Crippen LogP contribution >= 0.6 is 0 Å². The minimum absolute atomic E-state index is 0.620. The Morgan fingerprint density at radius 1 is 1.07 bits per heavy atom. The number of rotatable bonds is 2. The van der Waals surface area contributed by atoms with Gasteiger partial charge < -0.3 is 0 Å². The van der Waals surface area contributed by atoms with Crippen LogP contribution in [0, 0.1) is 11.3 Å². The van der Waals surface area contributed by atoms with Crippen LogP contribution in [0.15, 0.2) is 41.0 Å². The lowest BCUT2D eigenvalue weighted by Gasteiger charge is -2.48. The van der Waals surface area contributed by atoms with Gasteiger partial charge in [-0.05, 0) is 78.5 Å². The van der Waals surface area contributed by atoms with E-state index in [2.05, 4.69) is 44.3 Å². The average molecular weight is 360 g/mol. The van der Waals surface area contributed by atoms with Crippen molar-refractivity contribution < 1.29 is 0 Å². The molecule has 0 bridgehead atoms. The van der Waals surface area contributed by atoms with Gasteiger partial charge in [0.15, 0.2) is 0 Å². The molecule has 27 heavy (non-hydrogen) atoms. The first-order valence-electron chi connectivity index (χ1n) is 11.2. The Labute approximate surface area is 164 Å². The molecule has 0 aromatic heterocycles. The van der Waals surface area contributed by atoms with E-state index in [9.17, 15) is 0 Å². The normalized spacial score (nSPS) is 32.9. The Balaban J connectivity index is 1.48. The highest BCUT2D eigenvalue weighted by molar-refractivity contribution is 6.27. The van der Waals surface area contributed by atoms with Crippen molar-refractivity contribution in [1.82, 2.24) is 0 Å². The molecule has 2 saturated carbocycles. The molecular formula is C26H33N. The van der Waals surface area contributed by atoms with Crippen molar-refractivity contribution in [3.05, 3.63) is 52.7 Å². The lowest BCUT2D eigenvalue weighted by atomic mass is 9.57. The second kappa shape index (κ2) is 6.76. The molecule has 142 valence electrons. The molecule has 2 fully saturated rings. The topological polar surface area (TPSA) is 12.4 Å². The zero-order valence-electron chi connectivity index (χ0n) is 17.1. The summed E-state index contributed by atoms with van der Waals surface area (Å²) in [6.45, 7) is 4.75. The first-order valence-corrected chi connectivity index (χ1v) is 11.2. The largest absolute Gasteiger partial charge is 0.260 e. The van der Waals surface area contributed by atoms with Crippen LogP contribution in [0.2, 0.25) is 0 Å². The predicted octanol–water partition coefficient (Wildman–Crippen LogP) is 7.23. The van der Waals surface area contributed by atoms with Crippen LogP contribution < -0.4 is 0 Å². The van der Waals surface area contributed by atoms with Gasteiger partial charge in [-0.25, -0.2) is 0 Å². The van der Waals surface area contributed by atoms with Gasteiger partial charge in [-0.3, -0.25) is 4.99 Å². The van der Waals surface area contributed by atoms with Gasteiger partial charge in [0.25, 0.3) is 0 Å². The maximum absolute atomic E-state index is 4.77. The van der Waals surface area contributed by atoms with Gasteiger partial charge in [-0.15, -0.1) is 0 Å². The molecule has 0 amide bonds. The highest BCUT2D eigenvalue weighted by Crippen LogP contribution is 2.55. The molecular weight excluding hydrogens is 326 g/mol. The average Bonchev–Trinajstić information content (AvgIpc) is 3.30. The van der Waals surface area contributed by atoms with Gasteiger partial charge in [0.1, 0.15) is 0 Å². The summed E-state index contributed by atoms with van der Waals surface area (Å²) in [5.74, 6) is 1.65. The maximum Gasteiger partial charge on any atom is 0.0519 e. The summed E-state index contributed by atoms with van der Waals surface area (Å²) >= 11 is 0. The Hall–Kier alpha value is -1.63. The molecule has 1 aliphatic heterocycles. The Kier molecular flexibility index (Phi) is 4.37. The van der Waals surface area contributed by atoms with Crippen molar-refractivity contribution >= 4 is 11.3 Å². The molecule has 0 radical (unpaired) electrons.